The van der Waals surface area contributed by atoms with Gasteiger partial charge < -0.3 is 0 Å². The summed E-state index contributed by atoms with van der Waals surface area (Å²) in [7, 11) is 2.66. The van der Waals surface area contributed by atoms with Crippen molar-refractivity contribution in [2.45, 2.75) is 19.0 Å². The highest BCUT2D eigenvalue weighted by Crippen LogP contribution is 1.90. The quantitative estimate of drug-likeness (QED) is 0.375. The standard InChI is InChI=1S/C3H10BPSi/c1-6(2)3-4-5/h3,5H2,1-2H3. The van der Waals surface area contributed by atoms with Gasteiger partial charge in [-0.15, -0.1) is 0 Å². The Bertz CT molecular complexity index is 32.0. The lowest BCUT2D eigenvalue weighted by atomic mass is 10.2. The van der Waals surface area contributed by atoms with Gasteiger partial charge in [-0.2, -0.15) is 9.12 Å². The SMILES string of the molecule is C[Si](C)C[B]P. The summed E-state index contributed by atoms with van der Waals surface area (Å²) in [4.78, 5) is 0. The Morgan fingerprint density at radius 3 is 2.17 bits per heavy atom. The average molecular weight is 116 g/mol. The van der Waals surface area contributed by atoms with Crippen LogP contribution in [0.25, 0.3) is 0 Å². The Labute approximate surface area is 44.7 Å². The molecule has 0 fully saturated rings. The molecule has 0 saturated heterocycles. The molecule has 6 heavy (non-hydrogen) atoms. The van der Waals surface area contributed by atoms with E-state index >= 15 is 0 Å². The molecule has 0 aliphatic rings. The Morgan fingerprint density at radius 1 is 1.67 bits per heavy atom. The molecule has 3 heteroatoms. The van der Waals surface area contributed by atoms with Crippen molar-refractivity contribution in [3.8, 4) is 0 Å². The summed E-state index contributed by atoms with van der Waals surface area (Å²) in [6.07, 6.45) is 0. The molecule has 0 heterocycles. The predicted octanol–water partition coefficient (Wildman–Crippen LogP) is 1.19. The molecule has 0 spiro atoms. The zero-order valence-electron chi connectivity index (χ0n) is 4.36. The highest BCUT2D eigenvalue weighted by atomic mass is 31.0. The molecule has 0 bridgehead atoms. The van der Waals surface area contributed by atoms with Crippen LogP contribution in [0, 0.1) is 0 Å². The largest absolute Gasteiger partial charge is 0.178 e. The Morgan fingerprint density at radius 2 is 2.17 bits per heavy atom. The molecule has 0 nitrogen and oxygen atoms in total. The van der Waals surface area contributed by atoms with E-state index in [0.717, 1.165) is 0 Å². The minimum atomic E-state index is 0.0381. The molecule has 0 aliphatic heterocycles. The van der Waals surface area contributed by atoms with Crippen molar-refractivity contribution in [2.24, 2.45) is 0 Å². The topological polar surface area (TPSA) is 0 Å². The summed E-state index contributed by atoms with van der Waals surface area (Å²) in [5.41, 5.74) is 0. The van der Waals surface area contributed by atoms with E-state index in [1.807, 2.05) is 0 Å². The first-order valence-electron chi connectivity index (χ1n) is 2.10. The minimum Gasteiger partial charge on any atom is -0.178 e. The van der Waals surface area contributed by atoms with Crippen molar-refractivity contribution >= 4 is 24.9 Å². The van der Waals surface area contributed by atoms with Crippen LogP contribution in [-0.2, 0) is 0 Å². The van der Waals surface area contributed by atoms with Gasteiger partial charge in [0.15, 0.2) is 0 Å². The van der Waals surface area contributed by atoms with Crippen LogP contribution in [0.15, 0.2) is 0 Å². The molecule has 0 rings (SSSR count). The van der Waals surface area contributed by atoms with E-state index in [4.69, 9.17) is 0 Å². The zero-order valence-corrected chi connectivity index (χ0v) is 6.52. The van der Waals surface area contributed by atoms with Crippen molar-refractivity contribution in [2.75, 3.05) is 0 Å². The van der Waals surface area contributed by atoms with Crippen molar-refractivity contribution in [3.63, 3.8) is 0 Å². The highest BCUT2D eigenvalue weighted by Gasteiger charge is 1.89. The Balaban J connectivity index is 2.63. The van der Waals surface area contributed by atoms with Crippen molar-refractivity contribution in [1.29, 1.82) is 0 Å². The van der Waals surface area contributed by atoms with E-state index in [2.05, 4.69) is 29.2 Å². The molecule has 0 aromatic carbocycles. The van der Waals surface area contributed by atoms with E-state index in [0.29, 0.717) is 0 Å². The van der Waals surface area contributed by atoms with Gasteiger partial charge in [0.05, 0.1) is 0 Å². The van der Waals surface area contributed by atoms with Crippen LogP contribution in [0.5, 0.6) is 0 Å². The molecule has 0 aliphatic carbocycles. The van der Waals surface area contributed by atoms with Crippen molar-refractivity contribution in [1.82, 2.24) is 0 Å². The van der Waals surface area contributed by atoms with Gasteiger partial charge in [-0.25, -0.2) is 0 Å². The van der Waals surface area contributed by atoms with E-state index in [-0.39, 0.29) is 8.80 Å². The summed E-state index contributed by atoms with van der Waals surface area (Å²) in [5.74, 6) is 1.31. The van der Waals surface area contributed by atoms with E-state index in [1.165, 1.54) is 5.94 Å². The van der Waals surface area contributed by atoms with Crippen LogP contribution in [0.2, 0.25) is 19.0 Å². The maximum Gasteiger partial charge on any atom is 0.135 e. The molecule has 0 N–H and O–H groups in total. The molecular formula is C3H10BPSi. The second kappa shape index (κ2) is 3.89. The first-order chi connectivity index (χ1) is 2.77. The smallest absolute Gasteiger partial charge is 0.135 e. The number of rotatable bonds is 2. The fourth-order valence-corrected chi connectivity index (χ4v) is 2.12. The second-order valence-corrected chi connectivity index (χ2v) is 4.94. The summed E-state index contributed by atoms with van der Waals surface area (Å²) < 4.78 is 0. The van der Waals surface area contributed by atoms with Crippen molar-refractivity contribution < 1.29 is 0 Å². The second-order valence-electron chi connectivity index (χ2n) is 1.65. The third-order valence-electron chi connectivity index (χ3n) is 0.526. The van der Waals surface area contributed by atoms with Gasteiger partial charge in [0, 0.05) is 8.80 Å². The van der Waals surface area contributed by atoms with Gasteiger partial charge in [-0.3, -0.25) is 0 Å². The van der Waals surface area contributed by atoms with Crippen LogP contribution in [-0.4, -0.2) is 15.8 Å². The molecular weight excluding hydrogens is 106 g/mol. The lowest BCUT2D eigenvalue weighted by Crippen LogP contribution is -1.99. The van der Waals surface area contributed by atoms with Gasteiger partial charge >= 0.3 is 0 Å². The number of hydrogen-bond donors (Lipinski definition) is 0. The van der Waals surface area contributed by atoms with E-state index in [1.54, 1.807) is 0 Å². The van der Waals surface area contributed by atoms with Gasteiger partial charge in [0.1, 0.15) is 7.00 Å². The molecule has 0 aromatic heterocycles. The Hall–Kier alpha value is 0.712. The van der Waals surface area contributed by atoms with E-state index in [9.17, 15) is 0 Å². The van der Waals surface area contributed by atoms with Crippen LogP contribution in [0.1, 0.15) is 0 Å². The molecule has 0 saturated carbocycles. The summed E-state index contributed by atoms with van der Waals surface area (Å²) in [6.45, 7) is 6.78. The summed E-state index contributed by atoms with van der Waals surface area (Å²) in [5, 5.41) is 0. The third-order valence-corrected chi connectivity index (χ3v) is 2.29. The average Bonchev–Trinajstić information content (AvgIpc) is 1.35. The molecule has 1 unspecified atom stereocenters. The van der Waals surface area contributed by atoms with Crippen LogP contribution in [0.3, 0.4) is 0 Å². The zero-order chi connectivity index (χ0) is 4.99. The molecule has 0 aromatic rings. The molecule has 34 valence electrons. The summed E-state index contributed by atoms with van der Waals surface area (Å²) in [6, 6.07) is 0. The monoisotopic (exact) mass is 116 g/mol. The fraction of sp³-hybridized carbons (Fsp3) is 1.00. The van der Waals surface area contributed by atoms with Crippen LogP contribution >= 0.6 is 9.12 Å². The first kappa shape index (κ1) is 6.71. The lowest BCUT2D eigenvalue weighted by molar-refractivity contribution is 1.82. The molecule has 2 radical (unpaired) electrons. The minimum absolute atomic E-state index is 0.0381. The highest BCUT2D eigenvalue weighted by molar-refractivity contribution is 7.56. The lowest BCUT2D eigenvalue weighted by Gasteiger charge is -1.91. The Kier molecular flexibility index (Phi) is 4.35. The van der Waals surface area contributed by atoms with E-state index < -0.39 is 0 Å². The normalized spacial score (nSPS) is 9.33. The number of hydrogen-bond acceptors (Lipinski definition) is 0. The van der Waals surface area contributed by atoms with Gasteiger partial charge in [0.2, 0.25) is 0 Å². The fourth-order valence-electron chi connectivity index (χ4n) is 0.236. The van der Waals surface area contributed by atoms with Gasteiger partial charge in [-0.05, 0) is 0 Å². The maximum absolute atomic E-state index is 2.62. The predicted molar refractivity (Wildman–Crippen MR) is 37.8 cm³/mol. The maximum atomic E-state index is 2.62. The van der Waals surface area contributed by atoms with Gasteiger partial charge in [0.25, 0.3) is 0 Å². The first-order valence-corrected chi connectivity index (χ1v) is 5.47. The molecule has 1 atom stereocenters. The van der Waals surface area contributed by atoms with Crippen LogP contribution in [0.4, 0.5) is 0 Å². The third kappa shape index (κ3) is 4.71. The molecule has 0 amide bonds. The summed E-state index contributed by atoms with van der Waals surface area (Å²) >= 11 is 0. The van der Waals surface area contributed by atoms with Gasteiger partial charge in [-0.1, -0.05) is 19.0 Å². The van der Waals surface area contributed by atoms with Crippen LogP contribution < -0.4 is 0 Å². The van der Waals surface area contributed by atoms with Crippen molar-refractivity contribution in [3.05, 3.63) is 0 Å².